The van der Waals surface area contributed by atoms with Gasteiger partial charge in [-0.1, -0.05) is 41.6 Å². The molecule has 0 radical (unpaired) electrons. The summed E-state index contributed by atoms with van der Waals surface area (Å²) in [6.07, 6.45) is 1.93. The van der Waals surface area contributed by atoms with Gasteiger partial charge >= 0.3 is 0 Å². The number of hydrogen-bond acceptors (Lipinski definition) is 4. The third-order valence-corrected chi connectivity index (χ3v) is 3.95. The highest BCUT2D eigenvalue weighted by atomic mass is 32.2. The van der Waals surface area contributed by atoms with E-state index in [1.54, 1.807) is 11.8 Å². The normalized spacial score (nSPS) is 14.1. The van der Waals surface area contributed by atoms with Crippen molar-refractivity contribution < 1.29 is 0 Å². The number of nitrogens with one attached hydrogen (secondary N) is 1. The highest BCUT2D eigenvalue weighted by molar-refractivity contribution is 7.99. The van der Waals surface area contributed by atoms with Crippen LogP contribution in [0.4, 0.5) is 0 Å². The van der Waals surface area contributed by atoms with Crippen LogP contribution in [0.25, 0.3) is 0 Å². The van der Waals surface area contributed by atoms with Crippen molar-refractivity contribution in [2.24, 2.45) is 0 Å². The van der Waals surface area contributed by atoms with E-state index < -0.39 is 0 Å². The molecule has 0 saturated carbocycles. The van der Waals surface area contributed by atoms with Gasteiger partial charge in [0.1, 0.15) is 0 Å². The highest BCUT2D eigenvalue weighted by Crippen LogP contribution is 2.19. The molecule has 2 heterocycles. The zero-order chi connectivity index (χ0) is 12.4. The van der Waals surface area contributed by atoms with Crippen molar-refractivity contribution in [2.75, 3.05) is 17.7 Å². The van der Waals surface area contributed by atoms with Crippen LogP contribution >= 0.6 is 11.8 Å². The molecule has 0 saturated heterocycles. The average Bonchev–Trinajstić information content (AvgIpc) is 2.80. The largest absolute Gasteiger partial charge is 0.321 e. The van der Waals surface area contributed by atoms with Crippen molar-refractivity contribution in [3.63, 3.8) is 0 Å². The van der Waals surface area contributed by atoms with Crippen molar-refractivity contribution in [1.82, 2.24) is 14.9 Å². The van der Waals surface area contributed by atoms with Gasteiger partial charge in [-0.15, -0.1) is 10.2 Å². The van der Waals surface area contributed by atoms with Crippen LogP contribution in [0, 0.1) is 6.92 Å². The molecule has 0 amide bonds. The fourth-order valence-electron chi connectivity index (χ4n) is 2.14. The van der Waals surface area contributed by atoms with Crippen molar-refractivity contribution in [3.8, 4) is 0 Å². The minimum absolute atomic E-state index is 0.921. The summed E-state index contributed by atoms with van der Waals surface area (Å²) in [6, 6.07) is 8.64. The second-order valence-corrected chi connectivity index (χ2v) is 5.54. The molecule has 1 aliphatic rings. The number of benzene rings is 1. The molecule has 0 unspecified atom stereocenters. The molecule has 1 aliphatic heterocycles. The summed E-state index contributed by atoms with van der Waals surface area (Å²) in [6.45, 7) is 3.10. The molecule has 0 atom stereocenters. The van der Waals surface area contributed by atoms with Gasteiger partial charge in [-0.05, 0) is 18.9 Å². The Balaban J connectivity index is 1.72. The molecule has 0 aliphatic carbocycles. The van der Waals surface area contributed by atoms with Crippen LogP contribution in [0.5, 0.6) is 0 Å². The standard InChI is InChI=1S/C13H16N4S/c1-10-3-2-4-11(9-10)5-6-12-15-16-13-17(12)14-7-8-18-13/h2-4,9,14H,5-8H2,1H3. The summed E-state index contributed by atoms with van der Waals surface area (Å²) < 4.78 is 2.03. The molecule has 0 bridgehead atoms. The van der Waals surface area contributed by atoms with Crippen LogP contribution in [0.1, 0.15) is 17.0 Å². The molecule has 1 aromatic carbocycles. The molecule has 1 aromatic heterocycles. The average molecular weight is 260 g/mol. The summed E-state index contributed by atoms with van der Waals surface area (Å²) in [7, 11) is 0. The Morgan fingerprint density at radius 3 is 3.17 bits per heavy atom. The Kier molecular flexibility index (Phi) is 3.23. The van der Waals surface area contributed by atoms with E-state index in [0.29, 0.717) is 0 Å². The van der Waals surface area contributed by atoms with E-state index in [1.807, 2.05) is 4.68 Å². The zero-order valence-electron chi connectivity index (χ0n) is 10.4. The molecule has 0 fully saturated rings. The molecule has 18 heavy (non-hydrogen) atoms. The number of thioether (sulfide) groups is 1. The molecular formula is C13H16N4S. The molecule has 2 aromatic rings. The molecule has 94 valence electrons. The molecular weight excluding hydrogens is 244 g/mol. The topological polar surface area (TPSA) is 42.7 Å². The lowest BCUT2D eigenvalue weighted by Gasteiger charge is -2.16. The van der Waals surface area contributed by atoms with E-state index in [-0.39, 0.29) is 0 Å². The third kappa shape index (κ3) is 2.36. The second kappa shape index (κ2) is 5.02. The number of nitrogens with zero attached hydrogens (tertiary/aromatic N) is 3. The van der Waals surface area contributed by atoms with Crippen LogP contribution in [-0.2, 0) is 12.8 Å². The van der Waals surface area contributed by atoms with Gasteiger partial charge in [0.05, 0.1) is 0 Å². The van der Waals surface area contributed by atoms with Gasteiger partial charge in [0.25, 0.3) is 0 Å². The Morgan fingerprint density at radius 2 is 2.28 bits per heavy atom. The van der Waals surface area contributed by atoms with Gasteiger partial charge in [0.15, 0.2) is 5.82 Å². The van der Waals surface area contributed by atoms with E-state index in [2.05, 4.69) is 46.8 Å². The van der Waals surface area contributed by atoms with Gasteiger partial charge in [0.2, 0.25) is 5.16 Å². The minimum Gasteiger partial charge on any atom is -0.321 e. The number of rotatable bonds is 3. The smallest absolute Gasteiger partial charge is 0.210 e. The summed E-state index contributed by atoms with van der Waals surface area (Å²) >= 11 is 1.76. The third-order valence-electron chi connectivity index (χ3n) is 3.02. The Bertz CT molecular complexity index is 550. The van der Waals surface area contributed by atoms with Crippen LogP contribution in [-0.4, -0.2) is 27.2 Å². The molecule has 4 nitrogen and oxygen atoms in total. The van der Waals surface area contributed by atoms with Crippen LogP contribution < -0.4 is 5.43 Å². The second-order valence-electron chi connectivity index (χ2n) is 4.48. The first-order valence-electron chi connectivity index (χ1n) is 6.19. The van der Waals surface area contributed by atoms with Crippen molar-refractivity contribution in [1.29, 1.82) is 0 Å². The van der Waals surface area contributed by atoms with Crippen LogP contribution in [0.3, 0.4) is 0 Å². The van der Waals surface area contributed by atoms with Gasteiger partial charge in [-0.3, -0.25) is 0 Å². The van der Waals surface area contributed by atoms with Gasteiger partial charge in [0, 0.05) is 18.7 Å². The maximum atomic E-state index is 4.26. The first-order valence-corrected chi connectivity index (χ1v) is 7.18. The zero-order valence-corrected chi connectivity index (χ0v) is 11.2. The Hall–Kier alpha value is -1.49. The lowest BCUT2D eigenvalue weighted by atomic mass is 10.1. The monoisotopic (exact) mass is 260 g/mol. The molecule has 3 rings (SSSR count). The van der Waals surface area contributed by atoms with E-state index in [4.69, 9.17) is 0 Å². The number of hydrogen-bond donors (Lipinski definition) is 1. The summed E-state index contributed by atoms with van der Waals surface area (Å²) in [4.78, 5) is 0. The van der Waals surface area contributed by atoms with Crippen molar-refractivity contribution in [3.05, 3.63) is 41.2 Å². The highest BCUT2D eigenvalue weighted by Gasteiger charge is 2.15. The Morgan fingerprint density at radius 1 is 1.33 bits per heavy atom. The molecule has 1 N–H and O–H groups in total. The predicted molar refractivity (Wildman–Crippen MR) is 73.6 cm³/mol. The van der Waals surface area contributed by atoms with Gasteiger partial charge < -0.3 is 5.43 Å². The van der Waals surface area contributed by atoms with Gasteiger partial charge in [-0.25, -0.2) is 4.68 Å². The summed E-state index contributed by atoms with van der Waals surface area (Å²) in [5.41, 5.74) is 6.00. The lowest BCUT2D eigenvalue weighted by molar-refractivity contribution is 0.700. The predicted octanol–water partition coefficient (Wildman–Crippen LogP) is 2.02. The summed E-state index contributed by atoms with van der Waals surface area (Å²) in [5, 5.41) is 9.45. The van der Waals surface area contributed by atoms with Crippen molar-refractivity contribution in [2.45, 2.75) is 24.9 Å². The van der Waals surface area contributed by atoms with E-state index >= 15 is 0 Å². The number of aromatic nitrogens is 3. The minimum atomic E-state index is 0.921. The fraction of sp³-hybridized carbons (Fsp3) is 0.385. The maximum absolute atomic E-state index is 4.26. The van der Waals surface area contributed by atoms with Gasteiger partial charge in [-0.2, -0.15) is 0 Å². The van der Waals surface area contributed by atoms with Crippen molar-refractivity contribution >= 4 is 11.8 Å². The van der Waals surface area contributed by atoms with E-state index in [0.717, 1.165) is 36.1 Å². The quantitative estimate of drug-likeness (QED) is 0.917. The number of aryl methyl sites for hydroxylation is 3. The first-order chi connectivity index (χ1) is 8.83. The SMILES string of the molecule is Cc1cccc(CCc2nnc3n2NCCS3)c1. The fourth-order valence-corrected chi connectivity index (χ4v) is 2.91. The maximum Gasteiger partial charge on any atom is 0.210 e. The first kappa shape index (κ1) is 11.6. The molecule has 5 heteroatoms. The summed E-state index contributed by atoms with van der Waals surface area (Å²) in [5.74, 6) is 2.09. The van der Waals surface area contributed by atoms with Crippen LogP contribution in [0.2, 0.25) is 0 Å². The van der Waals surface area contributed by atoms with E-state index in [9.17, 15) is 0 Å². The van der Waals surface area contributed by atoms with Crippen LogP contribution in [0.15, 0.2) is 29.4 Å². The number of fused-ring (bicyclic) bond motifs is 1. The molecule has 0 spiro atoms. The van der Waals surface area contributed by atoms with E-state index in [1.165, 1.54) is 11.1 Å². The Labute approximate surface area is 111 Å². The lowest BCUT2D eigenvalue weighted by Crippen LogP contribution is -2.25.